The first kappa shape index (κ1) is 19.8. The number of morpholine rings is 1. The number of aromatic amines is 1. The lowest BCUT2D eigenvalue weighted by atomic mass is 9.95. The number of ether oxygens (including phenoxy) is 1. The minimum atomic E-state index is -3.62. The molecule has 1 aliphatic carbocycles. The number of likely N-dealkylation sites (tertiary alicyclic amines) is 1. The highest BCUT2D eigenvalue weighted by Gasteiger charge is 2.31. The molecular weight excluding hydrogens is 382 g/mol. The Kier molecular flexibility index (Phi) is 6.00. The molecule has 3 fully saturated rings. The van der Waals surface area contributed by atoms with Crippen LogP contribution in [0.1, 0.15) is 25.7 Å². The molecule has 28 heavy (non-hydrogen) atoms. The van der Waals surface area contributed by atoms with Crippen LogP contribution in [0, 0.1) is 11.8 Å². The average molecular weight is 412 g/mol. The van der Waals surface area contributed by atoms with Gasteiger partial charge in [0.1, 0.15) is 11.5 Å². The van der Waals surface area contributed by atoms with E-state index in [1.807, 2.05) is 4.90 Å². The summed E-state index contributed by atoms with van der Waals surface area (Å²) in [5.74, 6) is 1.43. The summed E-state index contributed by atoms with van der Waals surface area (Å²) in [6.45, 7) is 4.79. The number of amides is 1. The van der Waals surface area contributed by atoms with Gasteiger partial charge < -0.3 is 14.5 Å². The van der Waals surface area contributed by atoms with Crippen LogP contribution in [-0.4, -0.2) is 86.3 Å². The van der Waals surface area contributed by atoms with Crippen molar-refractivity contribution >= 4 is 15.9 Å². The number of carbonyl (C=O) groups is 1. The molecule has 156 valence electrons. The van der Waals surface area contributed by atoms with Crippen molar-refractivity contribution in [1.29, 1.82) is 0 Å². The van der Waals surface area contributed by atoms with Gasteiger partial charge in [-0.15, -0.1) is 0 Å². The second-order valence-electron chi connectivity index (χ2n) is 8.20. The molecule has 2 saturated heterocycles. The number of hydrogen-bond donors (Lipinski definition) is 2. The normalized spacial score (nSPS) is 25.4. The van der Waals surface area contributed by atoms with Gasteiger partial charge in [-0.1, -0.05) is 0 Å². The Hall–Kier alpha value is -1.49. The first-order chi connectivity index (χ1) is 13.5. The summed E-state index contributed by atoms with van der Waals surface area (Å²) in [7, 11) is -3.62. The summed E-state index contributed by atoms with van der Waals surface area (Å²) in [5.41, 5.74) is 0. The fourth-order valence-corrected chi connectivity index (χ4v) is 4.95. The van der Waals surface area contributed by atoms with Gasteiger partial charge in [0.25, 0.3) is 0 Å². The molecule has 0 bridgehead atoms. The molecule has 3 aliphatic rings. The Labute approximate surface area is 165 Å². The molecule has 1 aromatic heterocycles. The summed E-state index contributed by atoms with van der Waals surface area (Å²) >= 11 is 0. The van der Waals surface area contributed by atoms with E-state index in [0.717, 1.165) is 38.4 Å². The Morgan fingerprint density at radius 2 is 1.93 bits per heavy atom. The van der Waals surface area contributed by atoms with Crippen molar-refractivity contribution in [3.8, 4) is 0 Å². The molecule has 4 rings (SSSR count). The Morgan fingerprint density at radius 1 is 1.18 bits per heavy atom. The summed E-state index contributed by atoms with van der Waals surface area (Å²) in [6, 6.07) is 0. The van der Waals surface area contributed by atoms with Gasteiger partial charge in [-0.3, -0.25) is 9.89 Å². The highest BCUT2D eigenvalue weighted by Crippen LogP contribution is 2.31. The zero-order valence-electron chi connectivity index (χ0n) is 16.0. The molecule has 3 heterocycles. The number of carbonyl (C=O) groups excluding carboxylic acids is 1. The zero-order chi connectivity index (χ0) is 19.6. The monoisotopic (exact) mass is 411 g/mol. The van der Waals surface area contributed by atoms with Crippen LogP contribution in [0.25, 0.3) is 0 Å². The van der Waals surface area contributed by atoms with Crippen molar-refractivity contribution in [3.05, 3.63) is 12.4 Å². The van der Waals surface area contributed by atoms with Crippen LogP contribution in [0.2, 0.25) is 0 Å². The fourth-order valence-electron chi connectivity index (χ4n) is 3.98. The molecule has 2 aliphatic heterocycles. The standard InChI is InChI=1S/C18H29N5O4S/c24-18-13-27-16(7-21-28(25,26)17-8-19-20-9-17)12-23(18)11-15-3-5-22(6-4-15)10-14-1-2-14/h8-9,14-16,21H,1-7,10-13H2,(H,19,20). The highest BCUT2D eigenvalue weighted by molar-refractivity contribution is 7.89. The number of hydrogen-bond acceptors (Lipinski definition) is 6. The van der Waals surface area contributed by atoms with Crippen molar-refractivity contribution in [2.45, 2.75) is 36.7 Å². The van der Waals surface area contributed by atoms with E-state index < -0.39 is 10.0 Å². The summed E-state index contributed by atoms with van der Waals surface area (Å²) in [4.78, 5) is 16.8. The lowest BCUT2D eigenvalue weighted by molar-refractivity contribution is -0.149. The van der Waals surface area contributed by atoms with Crippen LogP contribution in [0.5, 0.6) is 0 Å². The number of rotatable bonds is 8. The zero-order valence-corrected chi connectivity index (χ0v) is 16.9. The maximum Gasteiger partial charge on any atom is 0.248 e. The van der Waals surface area contributed by atoms with Crippen molar-refractivity contribution in [2.24, 2.45) is 11.8 Å². The van der Waals surface area contributed by atoms with Crippen LogP contribution in [0.4, 0.5) is 0 Å². The fraction of sp³-hybridized carbons (Fsp3) is 0.778. The number of H-pyrrole nitrogens is 1. The van der Waals surface area contributed by atoms with Crippen molar-refractivity contribution in [3.63, 3.8) is 0 Å². The van der Waals surface area contributed by atoms with Crippen LogP contribution in [-0.2, 0) is 19.6 Å². The minimum absolute atomic E-state index is 0.00523. The summed E-state index contributed by atoms with van der Waals surface area (Å²) in [5, 5.41) is 6.16. The maximum atomic E-state index is 12.3. The summed E-state index contributed by atoms with van der Waals surface area (Å²) < 4.78 is 32.5. The first-order valence-electron chi connectivity index (χ1n) is 10.1. The third-order valence-electron chi connectivity index (χ3n) is 5.90. The largest absolute Gasteiger partial charge is 0.365 e. The van der Waals surface area contributed by atoms with E-state index in [2.05, 4.69) is 19.8 Å². The molecule has 9 nitrogen and oxygen atoms in total. The van der Waals surface area contributed by atoms with E-state index in [1.54, 1.807) is 0 Å². The molecule has 1 amide bonds. The second kappa shape index (κ2) is 8.48. The predicted octanol–water partition coefficient (Wildman–Crippen LogP) is 0.0374. The van der Waals surface area contributed by atoms with Crippen LogP contribution in [0.15, 0.2) is 17.3 Å². The van der Waals surface area contributed by atoms with Gasteiger partial charge in [0.2, 0.25) is 15.9 Å². The van der Waals surface area contributed by atoms with Gasteiger partial charge in [0.15, 0.2) is 0 Å². The molecule has 2 N–H and O–H groups in total. The van der Waals surface area contributed by atoms with E-state index in [-0.39, 0.29) is 30.1 Å². The number of piperidine rings is 1. The van der Waals surface area contributed by atoms with E-state index >= 15 is 0 Å². The van der Waals surface area contributed by atoms with Crippen molar-refractivity contribution < 1.29 is 17.9 Å². The Balaban J connectivity index is 1.23. The SMILES string of the molecule is O=C1COC(CNS(=O)(=O)c2cn[nH]c2)CN1CC1CCN(CC2CC2)CC1. The molecule has 0 aromatic carbocycles. The van der Waals surface area contributed by atoms with Gasteiger partial charge >= 0.3 is 0 Å². The number of nitrogens with one attached hydrogen (secondary N) is 2. The van der Waals surface area contributed by atoms with E-state index in [1.165, 1.54) is 31.8 Å². The average Bonchev–Trinajstić information content (AvgIpc) is 3.31. The van der Waals surface area contributed by atoms with Crippen molar-refractivity contribution in [2.75, 3.05) is 45.9 Å². The van der Waals surface area contributed by atoms with Crippen LogP contribution >= 0.6 is 0 Å². The molecule has 10 heteroatoms. The van der Waals surface area contributed by atoms with Gasteiger partial charge in [-0.05, 0) is 50.6 Å². The maximum absolute atomic E-state index is 12.3. The molecule has 1 saturated carbocycles. The van der Waals surface area contributed by atoms with Crippen LogP contribution < -0.4 is 4.72 Å². The van der Waals surface area contributed by atoms with Gasteiger partial charge in [0, 0.05) is 32.4 Å². The number of sulfonamides is 1. The second-order valence-corrected chi connectivity index (χ2v) is 9.97. The quantitative estimate of drug-likeness (QED) is 0.625. The number of nitrogens with zero attached hydrogens (tertiary/aromatic N) is 3. The lowest BCUT2D eigenvalue weighted by Crippen LogP contribution is -2.52. The van der Waals surface area contributed by atoms with E-state index in [9.17, 15) is 13.2 Å². The topological polar surface area (TPSA) is 108 Å². The van der Waals surface area contributed by atoms with Gasteiger partial charge in [0.05, 0.1) is 12.3 Å². The third kappa shape index (κ3) is 5.11. The van der Waals surface area contributed by atoms with Crippen molar-refractivity contribution in [1.82, 2.24) is 24.7 Å². The predicted molar refractivity (Wildman–Crippen MR) is 102 cm³/mol. The minimum Gasteiger partial charge on any atom is -0.365 e. The lowest BCUT2D eigenvalue weighted by Gasteiger charge is -2.38. The molecule has 1 aromatic rings. The smallest absolute Gasteiger partial charge is 0.248 e. The third-order valence-corrected chi connectivity index (χ3v) is 7.29. The molecular formula is C18H29N5O4S. The van der Waals surface area contributed by atoms with Crippen LogP contribution in [0.3, 0.4) is 0 Å². The Bertz CT molecular complexity index is 757. The van der Waals surface area contributed by atoms with Gasteiger partial charge in [-0.25, -0.2) is 13.1 Å². The molecule has 1 atom stereocenters. The first-order valence-corrected chi connectivity index (χ1v) is 11.6. The molecule has 0 radical (unpaired) electrons. The highest BCUT2D eigenvalue weighted by atomic mass is 32.2. The summed E-state index contributed by atoms with van der Waals surface area (Å²) in [6.07, 6.45) is 7.26. The molecule has 0 spiro atoms. The number of aromatic nitrogens is 2. The Morgan fingerprint density at radius 3 is 2.61 bits per heavy atom. The van der Waals surface area contributed by atoms with E-state index in [4.69, 9.17) is 4.74 Å². The van der Waals surface area contributed by atoms with E-state index in [0.29, 0.717) is 12.5 Å². The molecule has 1 unspecified atom stereocenters. The van der Waals surface area contributed by atoms with Gasteiger partial charge in [-0.2, -0.15) is 5.10 Å².